The van der Waals surface area contributed by atoms with Gasteiger partial charge in [0.1, 0.15) is 5.82 Å². The molecule has 1 amide bonds. The average Bonchev–Trinajstić information content (AvgIpc) is 3.29. The molecule has 2 rings (SSSR count). The van der Waals surface area contributed by atoms with Gasteiger partial charge in [0.25, 0.3) is 5.91 Å². The number of rotatable bonds is 8. The molecule has 1 aliphatic rings. The molecule has 21 heavy (non-hydrogen) atoms. The fourth-order valence-electron chi connectivity index (χ4n) is 2.49. The molecule has 0 saturated heterocycles. The van der Waals surface area contributed by atoms with E-state index < -0.39 is 0 Å². The standard InChI is InChI=1S/C17H25FN2O/c1-3-10-19-16-14(6-5-7-15(16)18)17(21)20-13(4-2)11-12-8-9-12/h5-7,12-13,19H,3-4,8-11H2,1-2H3,(H,20,21). The summed E-state index contributed by atoms with van der Waals surface area (Å²) >= 11 is 0. The van der Waals surface area contributed by atoms with Crippen LogP contribution in [0.15, 0.2) is 18.2 Å². The van der Waals surface area contributed by atoms with Gasteiger partial charge < -0.3 is 10.6 Å². The molecule has 0 aromatic heterocycles. The van der Waals surface area contributed by atoms with Crippen LogP contribution >= 0.6 is 0 Å². The van der Waals surface area contributed by atoms with Crippen molar-refractivity contribution in [1.82, 2.24) is 5.32 Å². The summed E-state index contributed by atoms with van der Waals surface area (Å²) in [7, 11) is 0. The van der Waals surface area contributed by atoms with Crippen LogP contribution in [0.5, 0.6) is 0 Å². The third-order valence-electron chi connectivity index (χ3n) is 3.95. The summed E-state index contributed by atoms with van der Waals surface area (Å²) in [6, 6.07) is 4.84. The molecule has 1 atom stereocenters. The van der Waals surface area contributed by atoms with E-state index in [0.717, 1.165) is 25.2 Å². The van der Waals surface area contributed by atoms with E-state index in [1.165, 1.54) is 18.9 Å². The van der Waals surface area contributed by atoms with Gasteiger partial charge in [-0.3, -0.25) is 4.79 Å². The Hall–Kier alpha value is -1.58. The minimum absolute atomic E-state index is 0.180. The molecule has 1 aliphatic carbocycles. The highest BCUT2D eigenvalue weighted by atomic mass is 19.1. The Morgan fingerprint density at radius 1 is 1.38 bits per heavy atom. The van der Waals surface area contributed by atoms with E-state index in [-0.39, 0.29) is 17.8 Å². The fraction of sp³-hybridized carbons (Fsp3) is 0.588. The maximum absolute atomic E-state index is 13.9. The van der Waals surface area contributed by atoms with Crippen LogP contribution in [-0.2, 0) is 0 Å². The lowest BCUT2D eigenvalue weighted by Crippen LogP contribution is -2.35. The number of hydrogen-bond donors (Lipinski definition) is 2. The number of carbonyl (C=O) groups is 1. The number of halogens is 1. The van der Waals surface area contributed by atoms with Gasteiger partial charge >= 0.3 is 0 Å². The molecule has 1 fully saturated rings. The van der Waals surface area contributed by atoms with Crippen molar-refractivity contribution in [3.05, 3.63) is 29.6 Å². The molecule has 1 saturated carbocycles. The minimum atomic E-state index is -0.369. The van der Waals surface area contributed by atoms with Crippen molar-refractivity contribution in [3.8, 4) is 0 Å². The Morgan fingerprint density at radius 3 is 2.76 bits per heavy atom. The number of nitrogens with one attached hydrogen (secondary N) is 2. The van der Waals surface area contributed by atoms with Crippen LogP contribution in [0.4, 0.5) is 10.1 Å². The molecule has 0 aliphatic heterocycles. The number of carbonyl (C=O) groups excluding carboxylic acids is 1. The van der Waals surface area contributed by atoms with E-state index >= 15 is 0 Å². The maximum atomic E-state index is 13.9. The molecule has 0 heterocycles. The zero-order valence-corrected chi connectivity index (χ0v) is 12.9. The minimum Gasteiger partial charge on any atom is -0.382 e. The van der Waals surface area contributed by atoms with Gasteiger partial charge in [0.05, 0.1) is 11.3 Å². The van der Waals surface area contributed by atoms with E-state index in [9.17, 15) is 9.18 Å². The van der Waals surface area contributed by atoms with Crippen molar-refractivity contribution in [3.63, 3.8) is 0 Å². The largest absolute Gasteiger partial charge is 0.382 e. The Morgan fingerprint density at radius 2 is 2.14 bits per heavy atom. The van der Waals surface area contributed by atoms with Crippen molar-refractivity contribution in [2.45, 2.75) is 52.0 Å². The molecule has 1 aromatic rings. The highest BCUT2D eigenvalue weighted by Crippen LogP contribution is 2.34. The Kier molecular flexibility index (Phi) is 5.59. The van der Waals surface area contributed by atoms with Gasteiger partial charge in [0, 0.05) is 12.6 Å². The van der Waals surface area contributed by atoms with Gasteiger partial charge in [-0.05, 0) is 37.3 Å². The molecule has 4 heteroatoms. The molecule has 0 spiro atoms. The van der Waals surface area contributed by atoms with Gasteiger partial charge in [0.15, 0.2) is 0 Å². The summed E-state index contributed by atoms with van der Waals surface area (Å²) in [5, 5.41) is 6.07. The third kappa shape index (κ3) is 4.45. The topological polar surface area (TPSA) is 41.1 Å². The van der Waals surface area contributed by atoms with Crippen molar-refractivity contribution >= 4 is 11.6 Å². The van der Waals surface area contributed by atoms with E-state index in [2.05, 4.69) is 17.6 Å². The van der Waals surface area contributed by atoms with Crippen molar-refractivity contribution in [2.75, 3.05) is 11.9 Å². The number of anilines is 1. The molecule has 116 valence electrons. The van der Waals surface area contributed by atoms with Gasteiger partial charge in [-0.1, -0.05) is 32.8 Å². The normalized spacial score (nSPS) is 15.6. The van der Waals surface area contributed by atoms with Gasteiger partial charge in [-0.25, -0.2) is 4.39 Å². The molecule has 3 nitrogen and oxygen atoms in total. The molecule has 0 radical (unpaired) electrons. The second-order valence-electron chi connectivity index (χ2n) is 5.85. The lowest BCUT2D eigenvalue weighted by Gasteiger charge is -2.18. The SMILES string of the molecule is CCCNc1c(F)cccc1C(=O)NC(CC)CC1CC1. The van der Waals surface area contributed by atoms with Gasteiger partial charge in [-0.2, -0.15) is 0 Å². The zero-order valence-electron chi connectivity index (χ0n) is 12.9. The summed E-state index contributed by atoms with van der Waals surface area (Å²) in [6.45, 7) is 4.74. The third-order valence-corrected chi connectivity index (χ3v) is 3.95. The molecule has 2 N–H and O–H groups in total. The molecular formula is C17H25FN2O. The van der Waals surface area contributed by atoms with E-state index in [0.29, 0.717) is 17.8 Å². The first-order chi connectivity index (χ1) is 10.2. The monoisotopic (exact) mass is 292 g/mol. The number of amides is 1. The van der Waals surface area contributed by atoms with Crippen LogP contribution in [0.2, 0.25) is 0 Å². The number of para-hydroxylation sites is 1. The van der Waals surface area contributed by atoms with Crippen LogP contribution in [0.1, 0.15) is 56.3 Å². The second kappa shape index (κ2) is 7.43. The second-order valence-corrected chi connectivity index (χ2v) is 5.85. The zero-order chi connectivity index (χ0) is 15.2. The smallest absolute Gasteiger partial charge is 0.253 e. The lowest BCUT2D eigenvalue weighted by atomic mass is 10.1. The first kappa shape index (κ1) is 15.8. The molecule has 0 bridgehead atoms. The van der Waals surface area contributed by atoms with Crippen molar-refractivity contribution < 1.29 is 9.18 Å². The van der Waals surface area contributed by atoms with Gasteiger partial charge in [0.2, 0.25) is 0 Å². The number of benzene rings is 1. The predicted octanol–water partition coefficient (Wildman–Crippen LogP) is 3.96. The summed E-state index contributed by atoms with van der Waals surface area (Å²) in [5.41, 5.74) is 0.718. The van der Waals surface area contributed by atoms with Crippen LogP contribution in [0, 0.1) is 11.7 Å². The summed E-state index contributed by atoms with van der Waals surface area (Å²) in [4.78, 5) is 12.4. The summed E-state index contributed by atoms with van der Waals surface area (Å²) in [6.07, 6.45) is 5.38. The highest BCUT2D eigenvalue weighted by Gasteiger charge is 2.26. The maximum Gasteiger partial charge on any atom is 0.253 e. The Bertz CT molecular complexity index is 486. The van der Waals surface area contributed by atoms with Crippen molar-refractivity contribution in [2.24, 2.45) is 5.92 Å². The fourth-order valence-corrected chi connectivity index (χ4v) is 2.49. The van der Waals surface area contributed by atoms with Crippen LogP contribution < -0.4 is 10.6 Å². The Labute approximate surface area is 126 Å². The average molecular weight is 292 g/mol. The molecule has 1 aromatic carbocycles. The van der Waals surface area contributed by atoms with Crippen molar-refractivity contribution in [1.29, 1.82) is 0 Å². The predicted molar refractivity (Wildman–Crippen MR) is 84.1 cm³/mol. The van der Waals surface area contributed by atoms with E-state index in [1.807, 2.05) is 6.92 Å². The van der Waals surface area contributed by atoms with E-state index in [1.54, 1.807) is 12.1 Å². The first-order valence-electron chi connectivity index (χ1n) is 7.98. The van der Waals surface area contributed by atoms with Gasteiger partial charge in [-0.15, -0.1) is 0 Å². The van der Waals surface area contributed by atoms with Crippen LogP contribution in [-0.4, -0.2) is 18.5 Å². The summed E-state index contributed by atoms with van der Waals surface area (Å²) < 4.78 is 13.9. The number of hydrogen-bond acceptors (Lipinski definition) is 2. The highest BCUT2D eigenvalue weighted by molar-refractivity contribution is 5.99. The van der Waals surface area contributed by atoms with Crippen LogP contribution in [0.3, 0.4) is 0 Å². The molecule has 1 unspecified atom stereocenters. The molecular weight excluding hydrogens is 267 g/mol. The van der Waals surface area contributed by atoms with Crippen LogP contribution in [0.25, 0.3) is 0 Å². The van der Waals surface area contributed by atoms with E-state index in [4.69, 9.17) is 0 Å². The Balaban J connectivity index is 2.07. The quantitative estimate of drug-likeness (QED) is 0.761. The first-order valence-corrected chi connectivity index (χ1v) is 7.98. The summed E-state index contributed by atoms with van der Waals surface area (Å²) in [5.74, 6) is 0.215. The lowest BCUT2D eigenvalue weighted by molar-refractivity contribution is 0.0933.